The summed E-state index contributed by atoms with van der Waals surface area (Å²) in [6.45, 7) is 8.42. The normalized spacial score (nSPS) is 18.0. The number of pyridine rings is 1. The van der Waals surface area contributed by atoms with Crippen LogP contribution in [0.25, 0.3) is 0 Å². The van der Waals surface area contributed by atoms with Gasteiger partial charge in [0.2, 0.25) is 5.91 Å². The summed E-state index contributed by atoms with van der Waals surface area (Å²) in [4.78, 5) is 21.0. The molecule has 0 bridgehead atoms. The fourth-order valence-electron chi connectivity index (χ4n) is 3.29. The highest BCUT2D eigenvalue weighted by atomic mass is 32.1. The third-order valence-corrected chi connectivity index (χ3v) is 5.94. The fourth-order valence-corrected chi connectivity index (χ4v) is 4.20. The molecule has 134 valence electrons. The summed E-state index contributed by atoms with van der Waals surface area (Å²) >= 11 is 1.79. The lowest BCUT2D eigenvalue weighted by Gasteiger charge is -2.36. The zero-order chi connectivity index (χ0) is 17.8. The number of rotatable bonds is 6. The molecule has 0 saturated carbocycles. The van der Waals surface area contributed by atoms with E-state index in [1.807, 2.05) is 30.0 Å². The number of fused-ring (bicyclic) bond motifs is 1. The Kier molecular flexibility index (Phi) is 5.86. The maximum absolute atomic E-state index is 12.9. The van der Waals surface area contributed by atoms with Gasteiger partial charge in [0.1, 0.15) is 6.04 Å². The molecule has 3 heterocycles. The smallest absolute Gasteiger partial charge is 0.237 e. The molecule has 1 N–H and O–H groups in total. The van der Waals surface area contributed by atoms with Crippen molar-refractivity contribution in [1.29, 1.82) is 0 Å². The van der Waals surface area contributed by atoms with Gasteiger partial charge in [0.25, 0.3) is 0 Å². The maximum atomic E-state index is 12.9. The van der Waals surface area contributed by atoms with E-state index >= 15 is 0 Å². The van der Waals surface area contributed by atoms with Crippen molar-refractivity contribution in [3.63, 3.8) is 0 Å². The Morgan fingerprint density at radius 2 is 2.28 bits per heavy atom. The van der Waals surface area contributed by atoms with Gasteiger partial charge in [0.05, 0.1) is 12.2 Å². The summed E-state index contributed by atoms with van der Waals surface area (Å²) in [6.07, 6.45) is 2.06. The van der Waals surface area contributed by atoms with Gasteiger partial charge in [-0.1, -0.05) is 26.3 Å². The lowest BCUT2D eigenvalue weighted by molar-refractivity contribution is -0.132. The lowest BCUT2D eigenvalue weighted by atomic mass is 9.96. The number of amides is 1. The second-order valence-corrected chi connectivity index (χ2v) is 7.89. The molecule has 2 aromatic heterocycles. The Bertz CT molecular complexity index is 727. The number of nitrogens with zero attached hydrogens (tertiary/aromatic N) is 2. The van der Waals surface area contributed by atoms with Crippen molar-refractivity contribution in [3.8, 4) is 0 Å². The molecule has 4 nitrogen and oxygen atoms in total. The molecule has 5 heteroatoms. The molecule has 25 heavy (non-hydrogen) atoms. The number of aryl methyl sites for hydroxylation is 1. The van der Waals surface area contributed by atoms with Crippen LogP contribution in [0.1, 0.15) is 48.1 Å². The molecular formula is C20H27N3OS. The van der Waals surface area contributed by atoms with E-state index in [0.717, 1.165) is 37.3 Å². The molecular weight excluding hydrogens is 330 g/mol. The van der Waals surface area contributed by atoms with E-state index in [1.54, 1.807) is 11.3 Å². The first kappa shape index (κ1) is 18.1. The monoisotopic (exact) mass is 357 g/mol. The first-order chi connectivity index (χ1) is 12.1. The van der Waals surface area contributed by atoms with Gasteiger partial charge in [-0.3, -0.25) is 9.78 Å². The number of thiophene rings is 1. The van der Waals surface area contributed by atoms with Crippen LogP contribution >= 0.6 is 11.3 Å². The van der Waals surface area contributed by atoms with Crippen LogP contribution in [0.15, 0.2) is 29.6 Å². The average molecular weight is 358 g/mol. The van der Waals surface area contributed by atoms with Gasteiger partial charge < -0.3 is 10.2 Å². The minimum Gasteiger partial charge on any atom is -0.328 e. The Morgan fingerprint density at radius 3 is 3.04 bits per heavy atom. The third kappa shape index (κ3) is 4.10. The van der Waals surface area contributed by atoms with Crippen molar-refractivity contribution in [2.75, 3.05) is 19.6 Å². The van der Waals surface area contributed by atoms with E-state index < -0.39 is 0 Å². The molecule has 1 unspecified atom stereocenters. The molecule has 3 rings (SSSR count). The second kappa shape index (κ2) is 8.11. The first-order valence-corrected chi connectivity index (χ1v) is 9.98. The molecule has 0 saturated heterocycles. The quantitative estimate of drug-likeness (QED) is 0.860. The van der Waals surface area contributed by atoms with Gasteiger partial charge in [-0.05, 0) is 54.9 Å². The summed E-state index contributed by atoms with van der Waals surface area (Å²) in [7, 11) is 0. The van der Waals surface area contributed by atoms with Crippen LogP contribution in [-0.4, -0.2) is 35.4 Å². The van der Waals surface area contributed by atoms with Crippen molar-refractivity contribution in [3.05, 3.63) is 51.5 Å². The van der Waals surface area contributed by atoms with E-state index in [9.17, 15) is 4.79 Å². The number of carbonyl (C=O) groups is 1. The number of hydrogen-bond donors (Lipinski definition) is 1. The van der Waals surface area contributed by atoms with E-state index in [2.05, 4.69) is 30.6 Å². The molecule has 0 aliphatic carbocycles. The van der Waals surface area contributed by atoms with E-state index in [4.69, 9.17) is 4.98 Å². The van der Waals surface area contributed by atoms with E-state index in [0.29, 0.717) is 12.5 Å². The summed E-state index contributed by atoms with van der Waals surface area (Å²) in [6, 6.07) is 8.16. The number of hydrogen-bond acceptors (Lipinski definition) is 4. The number of nitrogens with one attached hydrogen (secondary N) is 1. The van der Waals surface area contributed by atoms with Crippen molar-refractivity contribution >= 4 is 17.2 Å². The molecule has 1 amide bonds. The minimum absolute atomic E-state index is 0.0622. The van der Waals surface area contributed by atoms with E-state index in [1.165, 1.54) is 10.4 Å². The van der Waals surface area contributed by atoms with E-state index in [-0.39, 0.29) is 11.9 Å². The Morgan fingerprint density at radius 1 is 1.44 bits per heavy atom. The molecule has 2 aromatic rings. The van der Waals surface area contributed by atoms with Crippen LogP contribution in [0, 0.1) is 12.8 Å². The topological polar surface area (TPSA) is 45.2 Å². The van der Waals surface area contributed by atoms with Crippen molar-refractivity contribution < 1.29 is 4.79 Å². The van der Waals surface area contributed by atoms with Crippen LogP contribution in [0.5, 0.6) is 0 Å². The highest BCUT2D eigenvalue weighted by molar-refractivity contribution is 7.10. The zero-order valence-corrected chi connectivity index (χ0v) is 16.1. The van der Waals surface area contributed by atoms with Crippen LogP contribution in [-0.2, 0) is 11.2 Å². The number of carbonyl (C=O) groups excluding carboxylic acids is 1. The predicted octanol–water partition coefficient (Wildman–Crippen LogP) is 3.56. The predicted molar refractivity (Wildman–Crippen MR) is 103 cm³/mol. The largest absolute Gasteiger partial charge is 0.328 e. The van der Waals surface area contributed by atoms with Gasteiger partial charge in [0, 0.05) is 17.1 Å². The van der Waals surface area contributed by atoms with Crippen LogP contribution in [0.3, 0.4) is 0 Å². The Hall–Kier alpha value is -1.72. The van der Waals surface area contributed by atoms with Crippen molar-refractivity contribution in [2.24, 2.45) is 5.92 Å². The van der Waals surface area contributed by atoms with Crippen molar-refractivity contribution in [1.82, 2.24) is 15.2 Å². The van der Waals surface area contributed by atoms with Gasteiger partial charge in [0.15, 0.2) is 0 Å². The van der Waals surface area contributed by atoms with Gasteiger partial charge in [-0.15, -0.1) is 11.3 Å². The highest BCUT2D eigenvalue weighted by Gasteiger charge is 2.33. The zero-order valence-electron chi connectivity index (χ0n) is 15.3. The molecule has 0 fully saturated rings. The summed E-state index contributed by atoms with van der Waals surface area (Å²) in [5, 5.41) is 5.45. The van der Waals surface area contributed by atoms with Crippen LogP contribution in [0.4, 0.5) is 0 Å². The first-order valence-electron chi connectivity index (χ1n) is 9.10. The summed E-state index contributed by atoms with van der Waals surface area (Å²) < 4.78 is 0. The molecule has 1 aliphatic heterocycles. The Labute approximate surface area is 154 Å². The van der Waals surface area contributed by atoms with Gasteiger partial charge in [-0.2, -0.15) is 0 Å². The fraction of sp³-hybridized carbons (Fsp3) is 0.500. The van der Waals surface area contributed by atoms with Gasteiger partial charge in [-0.25, -0.2) is 0 Å². The van der Waals surface area contributed by atoms with Crippen LogP contribution in [0.2, 0.25) is 0 Å². The molecule has 0 aromatic carbocycles. The molecule has 1 aliphatic rings. The molecule has 0 radical (unpaired) electrons. The van der Waals surface area contributed by atoms with Crippen LogP contribution < -0.4 is 5.32 Å². The highest BCUT2D eigenvalue weighted by Crippen LogP contribution is 2.37. The standard InChI is InChI=1S/C20H27N3OS/c1-4-14(2)12-21-13-19(24)23-10-8-18-16(9-11-25-18)20(23)17-7-5-6-15(3)22-17/h5-7,9,11,14,20-21H,4,8,10,12-13H2,1-3H3/t14-,20?/m0/s1. The third-order valence-electron chi connectivity index (χ3n) is 4.94. The maximum Gasteiger partial charge on any atom is 0.237 e. The van der Waals surface area contributed by atoms with Gasteiger partial charge >= 0.3 is 0 Å². The SMILES string of the molecule is CC[C@H](C)CNCC(=O)N1CCc2sccc2C1c1cccc(C)n1. The number of aromatic nitrogens is 1. The minimum atomic E-state index is -0.0622. The molecule has 2 atom stereocenters. The lowest BCUT2D eigenvalue weighted by Crippen LogP contribution is -2.45. The molecule has 0 spiro atoms. The van der Waals surface area contributed by atoms with Crippen molar-refractivity contribution in [2.45, 2.75) is 39.7 Å². The summed E-state index contributed by atoms with van der Waals surface area (Å²) in [5.41, 5.74) is 3.20. The summed E-state index contributed by atoms with van der Waals surface area (Å²) in [5.74, 6) is 0.750. The second-order valence-electron chi connectivity index (χ2n) is 6.89. The average Bonchev–Trinajstić information content (AvgIpc) is 3.09. The Balaban J connectivity index is 1.81.